The number of nitrogens with one attached hydrogen (secondary N) is 1. The molecule has 3 amide bonds. The summed E-state index contributed by atoms with van der Waals surface area (Å²) < 4.78 is 47.5. The highest BCUT2D eigenvalue weighted by Crippen LogP contribution is 2.23. The Morgan fingerprint density at radius 3 is 2.47 bits per heavy atom. The van der Waals surface area contributed by atoms with Gasteiger partial charge in [0.25, 0.3) is 0 Å². The van der Waals surface area contributed by atoms with Crippen LogP contribution in [0.1, 0.15) is 12.8 Å². The zero-order valence-corrected chi connectivity index (χ0v) is 16.1. The van der Waals surface area contributed by atoms with Gasteiger partial charge in [-0.3, -0.25) is 9.59 Å². The summed E-state index contributed by atoms with van der Waals surface area (Å²) in [6.45, 7) is 0.433. The summed E-state index contributed by atoms with van der Waals surface area (Å²) in [5, 5.41) is 1.57. The van der Waals surface area contributed by atoms with E-state index in [-0.39, 0.29) is 25.7 Å². The van der Waals surface area contributed by atoms with Crippen molar-refractivity contribution in [1.82, 2.24) is 15.1 Å². The van der Waals surface area contributed by atoms with E-state index in [0.29, 0.717) is 25.1 Å². The molecule has 1 aromatic carbocycles. The summed E-state index contributed by atoms with van der Waals surface area (Å²) >= 11 is 0. The number of likely N-dealkylation sites (tertiary alicyclic amines) is 1. The van der Waals surface area contributed by atoms with Gasteiger partial charge in [-0.05, 0) is 25.0 Å². The molecule has 1 unspecified atom stereocenters. The molecule has 1 N–H and O–H groups in total. The molecule has 1 aromatic rings. The van der Waals surface area contributed by atoms with E-state index in [4.69, 9.17) is 9.47 Å². The van der Waals surface area contributed by atoms with Gasteiger partial charge in [-0.1, -0.05) is 18.2 Å². The zero-order chi connectivity index (χ0) is 21.7. The second-order valence-electron chi connectivity index (χ2n) is 7.07. The van der Waals surface area contributed by atoms with E-state index < -0.39 is 36.7 Å². The summed E-state index contributed by atoms with van der Waals surface area (Å²) in [5.74, 6) is -2.06. The Balaban J connectivity index is 1.41. The number of nitrogens with zero attached hydrogens (tertiary/aromatic N) is 2. The first-order valence-electron chi connectivity index (χ1n) is 9.52. The highest BCUT2D eigenvalue weighted by atomic mass is 19.4. The van der Waals surface area contributed by atoms with Crippen molar-refractivity contribution in [3.63, 3.8) is 0 Å². The molecule has 1 atom stereocenters. The number of carbonyl (C=O) groups is 3. The third-order valence-corrected chi connectivity index (χ3v) is 5.00. The highest BCUT2D eigenvalue weighted by molar-refractivity contribution is 5.87. The number of halogens is 3. The second-order valence-corrected chi connectivity index (χ2v) is 7.07. The quantitative estimate of drug-likeness (QED) is 0.742. The smallest absolute Gasteiger partial charge is 0.471 e. The van der Waals surface area contributed by atoms with E-state index in [1.54, 1.807) is 22.3 Å². The average Bonchev–Trinajstić information content (AvgIpc) is 3.11. The fraction of sp³-hybridized carbons (Fsp3) is 0.526. The van der Waals surface area contributed by atoms with Crippen LogP contribution in [-0.4, -0.2) is 78.8 Å². The maximum atomic E-state index is 12.2. The molecule has 2 fully saturated rings. The number of ether oxygens (including phenoxy) is 2. The maximum absolute atomic E-state index is 12.2. The molecule has 164 valence electrons. The number of cyclic esters (lactones) is 1. The number of piperidine rings is 1. The molecule has 0 spiro atoms. The highest BCUT2D eigenvalue weighted by Gasteiger charge is 2.40. The molecule has 0 radical (unpaired) electrons. The number of benzene rings is 1. The van der Waals surface area contributed by atoms with E-state index in [1.807, 2.05) is 18.2 Å². The molecule has 30 heavy (non-hydrogen) atoms. The van der Waals surface area contributed by atoms with Gasteiger partial charge in [0.15, 0.2) is 6.10 Å². The van der Waals surface area contributed by atoms with Crippen molar-refractivity contribution in [3.05, 3.63) is 30.3 Å². The Bertz CT molecular complexity index is 766. The van der Waals surface area contributed by atoms with Crippen molar-refractivity contribution in [2.75, 3.05) is 32.8 Å². The van der Waals surface area contributed by atoms with Gasteiger partial charge in [0, 0.05) is 19.1 Å². The van der Waals surface area contributed by atoms with Crippen LogP contribution < -0.4 is 10.1 Å². The first-order chi connectivity index (χ1) is 14.2. The molecule has 11 heteroatoms. The van der Waals surface area contributed by atoms with Crippen LogP contribution in [0.4, 0.5) is 18.0 Å². The molecule has 0 saturated carbocycles. The minimum Gasteiger partial charge on any atom is -0.490 e. The van der Waals surface area contributed by atoms with Crippen molar-refractivity contribution in [3.8, 4) is 5.75 Å². The molecule has 2 aliphatic heterocycles. The largest absolute Gasteiger partial charge is 0.490 e. The Morgan fingerprint density at radius 2 is 1.83 bits per heavy atom. The molecule has 2 heterocycles. The SMILES string of the molecule is O=C(CNC(=O)C(F)(F)F)N1CCC(N2CC(COc3ccccc3)OC2=O)CC1. The molecule has 2 aliphatic rings. The standard InChI is InChI=1S/C19H22F3N3O5/c20-19(21,22)17(27)23-10-16(26)24-8-6-13(7-9-24)25-11-15(30-18(25)28)12-29-14-4-2-1-3-5-14/h1-5,13,15H,6-12H2,(H,23,27). The van der Waals surface area contributed by atoms with Crippen molar-refractivity contribution in [1.29, 1.82) is 0 Å². The van der Waals surface area contributed by atoms with Gasteiger partial charge >= 0.3 is 18.2 Å². The molecule has 0 bridgehead atoms. The molecular weight excluding hydrogens is 407 g/mol. The molecule has 8 nitrogen and oxygen atoms in total. The van der Waals surface area contributed by atoms with E-state index in [2.05, 4.69) is 0 Å². The number of carbonyl (C=O) groups excluding carboxylic acids is 3. The molecule has 2 saturated heterocycles. The van der Waals surface area contributed by atoms with Crippen molar-refractivity contribution in [2.24, 2.45) is 0 Å². The van der Waals surface area contributed by atoms with E-state index >= 15 is 0 Å². The first kappa shape index (κ1) is 21.7. The van der Waals surface area contributed by atoms with Crippen LogP contribution in [0.15, 0.2) is 30.3 Å². The lowest BCUT2D eigenvalue weighted by molar-refractivity contribution is -0.174. The predicted octanol–water partition coefficient (Wildman–Crippen LogP) is 1.56. The molecule has 0 aliphatic carbocycles. The van der Waals surface area contributed by atoms with Crippen molar-refractivity contribution >= 4 is 17.9 Å². The van der Waals surface area contributed by atoms with Crippen LogP contribution in [0, 0.1) is 0 Å². The van der Waals surface area contributed by atoms with Crippen LogP contribution in [0.3, 0.4) is 0 Å². The van der Waals surface area contributed by atoms with Gasteiger partial charge in [0.2, 0.25) is 5.91 Å². The Kier molecular flexibility index (Phi) is 6.68. The summed E-state index contributed by atoms with van der Waals surface area (Å²) in [5.41, 5.74) is 0. The van der Waals surface area contributed by atoms with Crippen LogP contribution in [-0.2, 0) is 14.3 Å². The lowest BCUT2D eigenvalue weighted by Gasteiger charge is -2.35. The third-order valence-electron chi connectivity index (χ3n) is 5.00. The third kappa shape index (κ3) is 5.55. The topological polar surface area (TPSA) is 88.2 Å². The average molecular weight is 429 g/mol. The molecular formula is C19H22F3N3O5. The van der Waals surface area contributed by atoms with E-state index in [9.17, 15) is 27.6 Å². The fourth-order valence-electron chi connectivity index (χ4n) is 3.43. The van der Waals surface area contributed by atoms with Gasteiger partial charge in [-0.2, -0.15) is 13.2 Å². The Morgan fingerprint density at radius 1 is 1.17 bits per heavy atom. The van der Waals surface area contributed by atoms with Crippen LogP contribution in [0.25, 0.3) is 0 Å². The predicted molar refractivity (Wildman–Crippen MR) is 97.6 cm³/mol. The summed E-state index contributed by atoms with van der Waals surface area (Å²) in [4.78, 5) is 38.0. The van der Waals surface area contributed by atoms with Gasteiger partial charge in [0.1, 0.15) is 12.4 Å². The van der Waals surface area contributed by atoms with Gasteiger partial charge in [-0.25, -0.2) is 4.79 Å². The van der Waals surface area contributed by atoms with Crippen LogP contribution in [0.5, 0.6) is 5.75 Å². The van der Waals surface area contributed by atoms with Gasteiger partial charge in [-0.15, -0.1) is 0 Å². The fourth-order valence-corrected chi connectivity index (χ4v) is 3.43. The monoisotopic (exact) mass is 429 g/mol. The maximum Gasteiger partial charge on any atom is 0.471 e. The Hall–Kier alpha value is -2.98. The zero-order valence-electron chi connectivity index (χ0n) is 16.1. The van der Waals surface area contributed by atoms with Crippen LogP contribution in [0.2, 0.25) is 0 Å². The van der Waals surface area contributed by atoms with E-state index in [1.165, 1.54) is 4.90 Å². The number of para-hydroxylation sites is 1. The second kappa shape index (κ2) is 9.23. The normalized spacial score (nSPS) is 20.1. The van der Waals surface area contributed by atoms with Gasteiger partial charge < -0.3 is 24.6 Å². The number of amides is 3. The number of alkyl halides is 3. The summed E-state index contributed by atoms with van der Waals surface area (Å²) in [6.07, 6.45) is -4.93. The Labute approximate surface area is 170 Å². The first-order valence-corrected chi connectivity index (χ1v) is 9.52. The van der Waals surface area contributed by atoms with Crippen molar-refractivity contribution < 1.29 is 37.0 Å². The summed E-state index contributed by atoms with van der Waals surface area (Å²) in [7, 11) is 0. The lowest BCUT2D eigenvalue weighted by Crippen LogP contribution is -2.50. The van der Waals surface area contributed by atoms with Gasteiger partial charge in [0.05, 0.1) is 13.1 Å². The van der Waals surface area contributed by atoms with Crippen LogP contribution >= 0.6 is 0 Å². The number of rotatable bonds is 6. The van der Waals surface area contributed by atoms with E-state index in [0.717, 1.165) is 0 Å². The number of hydrogen-bond acceptors (Lipinski definition) is 5. The minimum absolute atomic E-state index is 0.131. The van der Waals surface area contributed by atoms with Crippen molar-refractivity contribution in [2.45, 2.75) is 31.2 Å². The lowest BCUT2D eigenvalue weighted by atomic mass is 10.0. The molecule has 3 rings (SSSR count). The minimum atomic E-state index is -5.02. The summed E-state index contributed by atoms with van der Waals surface area (Å²) in [6, 6.07) is 9.02. The molecule has 0 aromatic heterocycles. The number of hydrogen-bond donors (Lipinski definition) is 1.